The van der Waals surface area contributed by atoms with E-state index < -0.39 is 0 Å². The van der Waals surface area contributed by atoms with Crippen LogP contribution in [0.25, 0.3) is 0 Å². The van der Waals surface area contributed by atoms with Gasteiger partial charge in [0.1, 0.15) is 0 Å². The van der Waals surface area contributed by atoms with Gasteiger partial charge in [0.2, 0.25) is 5.88 Å². The van der Waals surface area contributed by atoms with E-state index in [1.807, 2.05) is 12.1 Å². The normalized spacial score (nSPS) is 19.0. The van der Waals surface area contributed by atoms with Gasteiger partial charge in [-0.05, 0) is 18.4 Å². The molecule has 2 rings (SSSR count). The molecule has 0 amide bonds. The fourth-order valence-corrected chi connectivity index (χ4v) is 2.01. The molecule has 1 unspecified atom stereocenters. The zero-order chi connectivity index (χ0) is 11.4. The fourth-order valence-electron chi connectivity index (χ4n) is 2.01. The van der Waals surface area contributed by atoms with Crippen molar-refractivity contribution in [1.82, 2.24) is 4.98 Å². The maximum atomic E-state index is 5.12. The van der Waals surface area contributed by atoms with E-state index in [1.54, 1.807) is 7.11 Å². The van der Waals surface area contributed by atoms with E-state index >= 15 is 0 Å². The summed E-state index contributed by atoms with van der Waals surface area (Å²) < 4.78 is 5.12. The van der Waals surface area contributed by atoms with Crippen LogP contribution in [0.2, 0.25) is 0 Å². The first-order valence-corrected chi connectivity index (χ1v) is 5.86. The molecular formula is C12H19N3O. The predicted octanol–water partition coefficient (Wildman–Crippen LogP) is 2.34. The average molecular weight is 221 g/mol. The Balaban J connectivity index is 2.11. The van der Waals surface area contributed by atoms with Gasteiger partial charge in [-0.1, -0.05) is 13.3 Å². The molecule has 1 aromatic rings. The molecular weight excluding hydrogens is 202 g/mol. The Bertz CT molecular complexity index is 354. The summed E-state index contributed by atoms with van der Waals surface area (Å²) in [5.41, 5.74) is 1.07. The van der Waals surface area contributed by atoms with Crippen LogP contribution in [-0.4, -0.2) is 25.2 Å². The monoisotopic (exact) mass is 221 g/mol. The quantitative estimate of drug-likeness (QED) is 0.822. The van der Waals surface area contributed by atoms with Crippen LogP contribution >= 0.6 is 0 Å². The molecule has 1 atom stereocenters. The number of nitrogens with zero attached hydrogens (tertiary/aromatic N) is 1. The van der Waals surface area contributed by atoms with Crippen LogP contribution in [0, 0.1) is 5.92 Å². The Morgan fingerprint density at radius 2 is 2.19 bits per heavy atom. The maximum Gasteiger partial charge on any atom is 0.215 e. The summed E-state index contributed by atoms with van der Waals surface area (Å²) in [7, 11) is 1.64. The lowest BCUT2D eigenvalue weighted by atomic mass is 10.0. The van der Waals surface area contributed by atoms with E-state index in [1.165, 1.54) is 12.8 Å². The zero-order valence-electron chi connectivity index (χ0n) is 9.92. The maximum absolute atomic E-state index is 5.12. The molecule has 4 heteroatoms. The lowest BCUT2D eigenvalue weighted by molar-refractivity contribution is 0.398. The van der Waals surface area contributed by atoms with Crippen molar-refractivity contribution in [2.24, 2.45) is 5.92 Å². The van der Waals surface area contributed by atoms with Crippen molar-refractivity contribution in [1.29, 1.82) is 0 Å². The summed E-state index contributed by atoms with van der Waals surface area (Å²) in [6, 6.07) is 3.90. The average Bonchev–Trinajstić information content (AvgIpc) is 2.52. The molecule has 0 saturated heterocycles. The summed E-state index contributed by atoms with van der Waals surface area (Å²) in [6.07, 6.45) is 2.46. The van der Waals surface area contributed by atoms with Crippen molar-refractivity contribution in [3.8, 4) is 5.88 Å². The number of hydrogen-bond donors (Lipinski definition) is 2. The molecule has 0 fully saturated rings. The molecule has 2 N–H and O–H groups in total. The predicted molar refractivity (Wildman–Crippen MR) is 66.2 cm³/mol. The fraction of sp³-hybridized carbons (Fsp3) is 0.583. The van der Waals surface area contributed by atoms with E-state index in [4.69, 9.17) is 4.74 Å². The van der Waals surface area contributed by atoms with Crippen LogP contribution in [0.15, 0.2) is 12.1 Å². The summed E-state index contributed by atoms with van der Waals surface area (Å²) >= 11 is 0. The molecule has 0 bridgehead atoms. The molecule has 0 radical (unpaired) electrons. The number of fused-ring (bicyclic) bond motifs is 1. The second-order valence-corrected chi connectivity index (χ2v) is 4.17. The minimum Gasteiger partial charge on any atom is -0.481 e. The highest BCUT2D eigenvalue weighted by Gasteiger charge is 2.15. The molecule has 1 aromatic heterocycles. The van der Waals surface area contributed by atoms with E-state index in [2.05, 4.69) is 22.5 Å². The van der Waals surface area contributed by atoms with Crippen molar-refractivity contribution < 1.29 is 4.74 Å². The van der Waals surface area contributed by atoms with Gasteiger partial charge in [-0.2, -0.15) is 4.98 Å². The molecule has 16 heavy (non-hydrogen) atoms. The molecule has 0 saturated carbocycles. The highest BCUT2D eigenvalue weighted by atomic mass is 16.5. The van der Waals surface area contributed by atoms with Gasteiger partial charge in [0.15, 0.2) is 5.82 Å². The number of aromatic nitrogens is 1. The van der Waals surface area contributed by atoms with Crippen LogP contribution < -0.4 is 15.4 Å². The largest absolute Gasteiger partial charge is 0.481 e. The summed E-state index contributed by atoms with van der Waals surface area (Å²) in [5.74, 6) is 2.23. The van der Waals surface area contributed by atoms with Crippen LogP contribution in [-0.2, 0) is 0 Å². The number of methoxy groups -OCH3 is 1. The lowest BCUT2D eigenvalue weighted by Gasteiger charge is -2.12. The number of rotatable bonds is 3. The van der Waals surface area contributed by atoms with Gasteiger partial charge in [0, 0.05) is 19.2 Å². The first-order chi connectivity index (χ1) is 7.83. The van der Waals surface area contributed by atoms with Crippen LogP contribution in [0.1, 0.15) is 19.8 Å². The number of ether oxygens (including phenoxy) is 1. The SMILES string of the molecule is CCCC1CNc2ccc(OC)nc2NC1. The third-order valence-corrected chi connectivity index (χ3v) is 2.92. The van der Waals surface area contributed by atoms with Gasteiger partial charge in [-0.15, -0.1) is 0 Å². The van der Waals surface area contributed by atoms with Gasteiger partial charge in [-0.3, -0.25) is 0 Å². The van der Waals surface area contributed by atoms with Crippen molar-refractivity contribution in [3.05, 3.63) is 12.1 Å². The topological polar surface area (TPSA) is 46.2 Å². The Labute approximate surface area is 96.4 Å². The molecule has 0 spiro atoms. The van der Waals surface area contributed by atoms with Crippen LogP contribution in [0.5, 0.6) is 5.88 Å². The Hall–Kier alpha value is -1.45. The molecule has 2 heterocycles. The van der Waals surface area contributed by atoms with Gasteiger partial charge in [0.05, 0.1) is 12.8 Å². The Morgan fingerprint density at radius 3 is 2.94 bits per heavy atom. The minimum atomic E-state index is 0.655. The van der Waals surface area contributed by atoms with E-state index in [0.717, 1.165) is 24.6 Å². The van der Waals surface area contributed by atoms with E-state index in [-0.39, 0.29) is 0 Å². The first-order valence-electron chi connectivity index (χ1n) is 5.86. The van der Waals surface area contributed by atoms with Crippen molar-refractivity contribution >= 4 is 11.5 Å². The number of hydrogen-bond acceptors (Lipinski definition) is 4. The summed E-state index contributed by atoms with van der Waals surface area (Å²) in [5, 5.41) is 6.81. The van der Waals surface area contributed by atoms with Gasteiger partial charge in [0.25, 0.3) is 0 Å². The minimum absolute atomic E-state index is 0.655. The Morgan fingerprint density at radius 1 is 1.38 bits per heavy atom. The number of pyridine rings is 1. The standard InChI is InChI=1S/C12H19N3O/c1-3-4-9-7-13-10-5-6-11(16-2)15-12(10)14-8-9/h5-6,9,13H,3-4,7-8H2,1-2H3,(H,14,15). The molecule has 88 valence electrons. The first kappa shape index (κ1) is 11.0. The van der Waals surface area contributed by atoms with E-state index in [9.17, 15) is 0 Å². The van der Waals surface area contributed by atoms with Crippen molar-refractivity contribution in [3.63, 3.8) is 0 Å². The van der Waals surface area contributed by atoms with Crippen LogP contribution in [0.4, 0.5) is 11.5 Å². The summed E-state index contributed by atoms with van der Waals surface area (Å²) in [4.78, 5) is 4.39. The number of nitrogens with one attached hydrogen (secondary N) is 2. The zero-order valence-corrected chi connectivity index (χ0v) is 9.92. The van der Waals surface area contributed by atoms with Gasteiger partial charge >= 0.3 is 0 Å². The third-order valence-electron chi connectivity index (χ3n) is 2.92. The highest BCUT2D eigenvalue weighted by molar-refractivity contribution is 5.66. The van der Waals surface area contributed by atoms with Gasteiger partial charge in [-0.25, -0.2) is 0 Å². The second kappa shape index (κ2) is 5.05. The highest BCUT2D eigenvalue weighted by Crippen LogP contribution is 2.26. The van der Waals surface area contributed by atoms with Crippen LogP contribution in [0.3, 0.4) is 0 Å². The Kier molecular flexibility index (Phi) is 3.49. The van der Waals surface area contributed by atoms with Crippen molar-refractivity contribution in [2.75, 3.05) is 30.8 Å². The third kappa shape index (κ3) is 2.38. The van der Waals surface area contributed by atoms with Gasteiger partial charge < -0.3 is 15.4 Å². The van der Waals surface area contributed by atoms with E-state index in [0.29, 0.717) is 11.8 Å². The van der Waals surface area contributed by atoms with Crippen molar-refractivity contribution in [2.45, 2.75) is 19.8 Å². The molecule has 1 aliphatic heterocycles. The molecule has 1 aliphatic rings. The molecule has 0 aromatic carbocycles. The summed E-state index contributed by atoms with van der Waals surface area (Å²) in [6.45, 7) is 4.22. The number of anilines is 2. The lowest BCUT2D eigenvalue weighted by Crippen LogP contribution is -2.18. The molecule has 4 nitrogen and oxygen atoms in total. The second-order valence-electron chi connectivity index (χ2n) is 4.17. The molecule has 0 aliphatic carbocycles. The smallest absolute Gasteiger partial charge is 0.215 e.